The van der Waals surface area contributed by atoms with Gasteiger partial charge in [0.05, 0.1) is 12.5 Å². The molecule has 30 heavy (non-hydrogen) atoms. The fraction of sp³-hybridized carbons (Fsp3) is 0.400. The van der Waals surface area contributed by atoms with Crippen LogP contribution in [-0.4, -0.2) is 68.5 Å². The maximum absolute atomic E-state index is 12.9. The number of likely N-dealkylation sites (tertiary alicyclic amines) is 1. The van der Waals surface area contributed by atoms with Crippen LogP contribution in [0.1, 0.15) is 24.8 Å². The van der Waals surface area contributed by atoms with Crippen molar-refractivity contribution in [3.63, 3.8) is 0 Å². The van der Waals surface area contributed by atoms with E-state index in [1.54, 1.807) is 6.20 Å². The van der Waals surface area contributed by atoms with Gasteiger partial charge in [-0.25, -0.2) is 4.79 Å². The highest BCUT2D eigenvalue weighted by atomic mass is 16.4. The van der Waals surface area contributed by atoms with E-state index in [4.69, 9.17) is 15.9 Å². The van der Waals surface area contributed by atoms with Gasteiger partial charge in [0.1, 0.15) is 12.1 Å². The molecule has 0 radical (unpaired) electrons. The van der Waals surface area contributed by atoms with Gasteiger partial charge in [0.15, 0.2) is 0 Å². The third-order valence-electron chi connectivity index (χ3n) is 5.26. The first-order chi connectivity index (χ1) is 14.3. The van der Waals surface area contributed by atoms with Crippen LogP contribution < -0.4 is 11.1 Å². The molecule has 2 heterocycles. The standard InChI is InChI=1S/C20H24N4O6/c21-13(8-11-10-22-14-5-2-1-4-12(11)14)19(28)24-7-3-6-16(24)18(27)23-15(20(29)30)9-17(25)26/h1-2,4-5,10,13,15-16,22H,3,6-9,21H2,(H,23,27)(H,25,26)(H,29,30). The molecule has 0 saturated carbocycles. The summed E-state index contributed by atoms with van der Waals surface area (Å²) < 4.78 is 0. The average molecular weight is 416 g/mol. The first kappa shape index (κ1) is 21.3. The van der Waals surface area contributed by atoms with E-state index in [0.29, 0.717) is 19.4 Å². The zero-order chi connectivity index (χ0) is 21.8. The Kier molecular flexibility index (Phi) is 6.36. The number of nitrogens with zero attached hydrogens (tertiary/aromatic N) is 1. The summed E-state index contributed by atoms with van der Waals surface area (Å²) in [5, 5.41) is 21.1. The van der Waals surface area contributed by atoms with Crippen LogP contribution in [0.25, 0.3) is 10.9 Å². The van der Waals surface area contributed by atoms with Gasteiger partial charge >= 0.3 is 11.9 Å². The predicted octanol–water partition coefficient (Wildman–Crippen LogP) is 0.0728. The van der Waals surface area contributed by atoms with Gasteiger partial charge in [0, 0.05) is 23.6 Å². The minimum absolute atomic E-state index is 0.282. The van der Waals surface area contributed by atoms with E-state index in [2.05, 4.69) is 10.3 Å². The van der Waals surface area contributed by atoms with Crippen molar-refractivity contribution < 1.29 is 29.4 Å². The van der Waals surface area contributed by atoms with Gasteiger partial charge in [-0.3, -0.25) is 14.4 Å². The number of hydrogen-bond donors (Lipinski definition) is 5. The van der Waals surface area contributed by atoms with Gasteiger partial charge < -0.3 is 31.1 Å². The van der Waals surface area contributed by atoms with Gasteiger partial charge in [-0.2, -0.15) is 0 Å². The Morgan fingerprint density at radius 3 is 2.67 bits per heavy atom. The van der Waals surface area contributed by atoms with E-state index in [9.17, 15) is 19.2 Å². The number of hydrogen-bond acceptors (Lipinski definition) is 5. The molecule has 1 aliphatic rings. The fourth-order valence-corrected chi connectivity index (χ4v) is 3.78. The molecule has 2 aromatic rings. The number of carbonyl (C=O) groups excluding carboxylic acids is 2. The first-order valence-corrected chi connectivity index (χ1v) is 9.64. The van der Waals surface area contributed by atoms with Crippen LogP contribution in [-0.2, 0) is 25.6 Å². The molecular formula is C20H24N4O6. The van der Waals surface area contributed by atoms with E-state index < -0.39 is 48.3 Å². The lowest BCUT2D eigenvalue weighted by molar-refractivity contribution is -0.148. The number of amides is 2. The Balaban J connectivity index is 1.67. The van der Waals surface area contributed by atoms with Gasteiger partial charge in [0.2, 0.25) is 11.8 Å². The van der Waals surface area contributed by atoms with E-state index in [-0.39, 0.29) is 6.42 Å². The van der Waals surface area contributed by atoms with Crippen molar-refractivity contribution >= 4 is 34.7 Å². The number of H-pyrrole nitrogens is 1. The SMILES string of the molecule is NC(Cc1c[nH]c2ccccc12)C(=O)N1CCCC1C(=O)NC(CC(=O)O)C(=O)O. The highest BCUT2D eigenvalue weighted by Crippen LogP contribution is 2.22. The lowest BCUT2D eigenvalue weighted by Gasteiger charge is -2.27. The van der Waals surface area contributed by atoms with Crippen molar-refractivity contribution in [1.82, 2.24) is 15.2 Å². The summed E-state index contributed by atoms with van der Waals surface area (Å²) in [6.07, 6.45) is 2.26. The number of rotatable bonds is 8. The molecule has 10 heteroatoms. The van der Waals surface area contributed by atoms with E-state index in [1.165, 1.54) is 4.90 Å². The zero-order valence-corrected chi connectivity index (χ0v) is 16.2. The van der Waals surface area contributed by atoms with Crippen molar-refractivity contribution in [2.45, 2.75) is 43.8 Å². The third-order valence-corrected chi connectivity index (χ3v) is 5.26. The Morgan fingerprint density at radius 1 is 1.23 bits per heavy atom. The second-order valence-electron chi connectivity index (χ2n) is 7.36. The first-order valence-electron chi connectivity index (χ1n) is 9.64. The van der Waals surface area contributed by atoms with E-state index >= 15 is 0 Å². The van der Waals surface area contributed by atoms with Crippen molar-refractivity contribution in [2.75, 3.05) is 6.54 Å². The molecule has 3 unspecified atom stereocenters. The number of nitrogens with two attached hydrogens (primary N) is 1. The number of carboxylic acids is 2. The Hall–Kier alpha value is -3.40. The van der Waals surface area contributed by atoms with Crippen molar-refractivity contribution in [3.8, 4) is 0 Å². The van der Waals surface area contributed by atoms with Crippen LogP contribution in [0.15, 0.2) is 30.5 Å². The van der Waals surface area contributed by atoms with Gasteiger partial charge in [-0.1, -0.05) is 18.2 Å². The van der Waals surface area contributed by atoms with Crippen LogP contribution in [0.3, 0.4) is 0 Å². The fourth-order valence-electron chi connectivity index (χ4n) is 3.78. The minimum Gasteiger partial charge on any atom is -0.481 e. The highest BCUT2D eigenvalue weighted by molar-refractivity contribution is 5.93. The molecule has 6 N–H and O–H groups in total. The Bertz CT molecular complexity index is 971. The van der Waals surface area contributed by atoms with E-state index in [0.717, 1.165) is 16.5 Å². The van der Waals surface area contributed by atoms with Crippen LogP contribution in [0, 0.1) is 0 Å². The molecule has 1 aromatic heterocycles. The van der Waals surface area contributed by atoms with Crippen molar-refractivity contribution in [3.05, 3.63) is 36.0 Å². The summed E-state index contributed by atoms with van der Waals surface area (Å²) in [4.78, 5) is 52.0. The molecule has 0 spiro atoms. The molecule has 3 atom stereocenters. The normalized spacial score (nSPS) is 18.2. The third kappa shape index (κ3) is 4.60. The monoisotopic (exact) mass is 416 g/mol. The summed E-state index contributed by atoms with van der Waals surface area (Å²) in [6, 6.07) is 4.34. The molecule has 10 nitrogen and oxygen atoms in total. The number of carboxylic acid groups (broad SMARTS) is 2. The number of para-hydroxylation sites is 1. The lowest BCUT2D eigenvalue weighted by atomic mass is 10.0. The molecule has 1 saturated heterocycles. The molecule has 1 fully saturated rings. The summed E-state index contributed by atoms with van der Waals surface area (Å²) in [7, 11) is 0. The number of fused-ring (bicyclic) bond motifs is 1. The summed E-state index contributed by atoms with van der Waals surface area (Å²) in [5.74, 6) is -3.88. The average Bonchev–Trinajstić information content (AvgIpc) is 3.34. The van der Waals surface area contributed by atoms with Crippen molar-refractivity contribution in [1.29, 1.82) is 0 Å². The smallest absolute Gasteiger partial charge is 0.326 e. The lowest BCUT2D eigenvalue weighted by Crippen LogP contribution is -2.54. The predicted molar refractivity (Wildman–Crippen MR) is 107 cm³/mol. The van der Waals surface area contributed by atoms with Crippen LogP contribution in [0.4, 0.5) is 0 Å². The number of carbonyl (C=O) groups is 4. The second-order valence-corrected chi connectivity index (χ2v) is 7.36. The topological polar surface area (TPSA) is 166 Å². The Morgan fingerprint density at radius 2 is 1.97 bits per heavy atom. The maximum Gasteiger partial charge on any atom is 0.326 e. The summed E-state index contributed by atoms with van der Waals surface area (Å²) in [6.45, 7) is 0.329. The molecule has 0 aliphatic carbocycles. The molecule has 2 amide bonds. The van der Waals surface area contributed by atoms with E-state index in [1.807, 2.05) is 24.3 Å². The van der Waals surface area contributed by atoms with Crippen LogP contribution in [0.2, 0.25) is 0 Å². The number of aromatic nitrogens is 1. The molecule has 160 valence electrons. The van der Waals surface area contributed by atoms with Crippen LogP contribution in [0.5, 0.6) is 0 Å². The zero-order valence-electron chi connectivity index (χ0n) is 16.2. The van der Waals surface area contributed by atoms with Gasteiger partial charge in [-0.05, 0) is 30.9 Å². The van der Waals surface area contributed by atoms with Crippen molar-refractivity contribution in [2.24, 2.45) is 5.73 Å². The summed E-state index contributed by atoms with van der Waals surface area (Å²) >= 11 is 0. The molecular weight excluding hydrogens is 392 g/mol. The molecule has 0 bridgehead atoms. The number of nitrogens with one attached hydrogen (secondary N) is 2. The highest BCUT2D eigenvalue weighted by Gasteiger charge is 2.38. The Labute approximate surface area is 172 Å². The number of aliphatic carboxylic acids is 2. The number of aromatic amines is 1. The number of benzene rings is 1. The second kappa shape index (κ2) is 8.95. The largest absolute Gasteiger partial charge is 0.481 e. The quantitative estimate of drug-likeness (QED) is 0.406. The van der Waals surface area contributed by atoms with Crippen LogP contribution >= 0.6 is 0 Å². The van der Waals surface area contributed by atoms with Gasteiger partial charge in [-0.15, -0.1) is 0 Å². The molecule has 3 rings (SSSR count). The molecule has 1 aromatic carbocycles. The summed E-state index contributed by atoms with van der Waals surface area (Å²) in [5.41, 5.74) is 7.97. The minimum atomic E-state index is -1.56. The molecule has 1 aliphatic heterocycles. The maximum atomic E-state index is 12.9. The van der Waals surface area contributed by atoms with Gasteiger partial charge in [0.25, 0.3) is 0 Å².